The van der Waals surface area contributed by atoms with Crippen LogP contribution in [0.3, 0.4) is 0 Å². The van der Waals surface area contributed by atoms with Gasteiger partial charge in [0.1, 0.15) is 11.6 Å². The zero-order valence-corrected chi connectivity index (χ0v) is 14.2. The largest absolute Gasteiger partial charge is 0.293 e. The fourth-order valence-corrected chi connectivity index (χ4v) is 2.75. The number of hydrogen-bond donors (Lipinski definition) is 0. The van der Waals surface area contributed by atoms with Crippen LogP contribution < -0.4 is 0 Å². The molecule has 25 heavy (non-hydrogen) atoms. The van der Waals surface area contributed by atoms with Gasteiger partial charge in [-0.1, -0.05) is 48.5 Å². The van der Waals surface area contributed by atoms with E-state index in [1.165, 1.54) is 12.1 Å². The van der Waals surface area contributed by atoms with Crippen molar-refractivity contribution in [2.24, 2.45) is 0 Å². The molecule has 4 rings (SSSR count). The maximum atomic E-state index is 13.0. The lowest BCUT2D eigenvalue weighted by molar-refractivity contribution is 0.628. The van der Waals surface area contributed by atoms with Gasteiger partial charge >= 0.3 is 0 Å². The molecule has 0 bridgehead atoms. The molecule has 4 aromatic rings. The Morgan fingerprint density at radius 2 is 1.44 bits per heavy atom. The molecule has 0 unspecified atom stereocenters. The van der Waals surface area contributed by atoms with Crippen molar-refractivity contribution in [3.8, 4) is 5.69 Å². The Morgan fingerprint density at radius 1 is 0.760 bits per heavy atom. The number of rotatable bonds is 3. The molecule has 2 nitrogen and oxygen atoms in total. The van der Waals surface area contributed by atoms with Gasteiger partial charge in [0.05, 0.1) is 11.0 Å². The third kappa shape index (κ3) is 3.47. The molecule has 124 valence electrons. The van der Waals surface area contributed by atoms with E-state index in [4.69, 9.17) is 4.98 Å². The van der Waals surface area contributed by atoms with Crippen molar-refractivity contribution in [1.29, 1.82) is 0 Å². The van der Waals surface area contributed by atoms with Crippen molar-refractivity contribution < 1.29 is 4.39 Å². The number of hydrogen-bond acceptors (Lipinski definition) is 1. The van der Waals surface area contributed by atoms with Crippen LogP contribution in [0.25, 0.3) is 28.9 Å². The molecular formula is C21H16ClFN2. The van der Waals surface area contributed by atoms with Gasteiger partial charge in [0.25, 0.3) is 0 Å². The number of nitrogens with zero attached hydrogens (tertiary/aromatic N) is 2. The molecule has 4 heteroatoms. The molecule has 1 heterocycles. The molecule has 0 atom stereocenters. The van der Waals surface area contributed by atoms with Crippen LogP contribution >= 0.6 is 12.4 Å². The normalized spacial score (nSPS) is 10.9. The van der Waals surface area contributed by atoms with Gasteiger partial charge in [-0.15, -0.1) is 12.4 Å². The molecule has 0 aliphatic heterocycles. The summed E-state index contributed by atoms with van der Waals surface area (Å²) in [5.74, 6) is 0.607. The van der Waals surface area contributed by atoms with Crippen LogP contribution in [-0.4, -0.2) is 9.55 Å². The Hall–Kier alpha value is -2.91. The molecule has 3 aromatic carbocycles. The molecule has 0 radical (unpaired) electrons. The highest BCUT2D eigenvalue weighted by Gasteiger charge is 2.09. The van der Waals surface area contributed by atoms with Crippen molar-refractivity contribution in [1.82, 2.24) is 9.55 Å². The molecule has 0 amide bonds. The topological polar surface area (TPSA) is 17.8 Å². The summed E-state index contributed by atoms with van der Waals surface area (Å²) in [4.78, 5) is 4.72. The predicted octanol–water partition coefficient (Wildman–Crippen LogP) is 5.76. The van der Waals surface area contributed by atoms with Crippen LogP contribution in [0.15, 0.2) is 78.9 Å². The van der Waals surface area contributed by atoms with Crippen molar-refractivity contribution in [2.45, 2.75) is 0 Å². The lowest BCUT2D eigenvalue weighted by Crippen LogP contribution is -1.96. The van der Waals surface area contributed by atoms with Gasteiger partial charge < -0.3 is 0 Å². The second-order valence-electron chi connectivity index (χ2n) is 5.51. The van der Waals surface area contributed by atoms with E-state index in [0.717, 1.165) is 28.1 Å². The summed E-state index contributed by atoms with van der Waals surface area (Å²) in [6.45, 7) is 0. The van der Waals surface area contributed by atoms with Gasteiger partial charge in [-0.2, -0.15) is 0 Å². The fraction of sp³-hybridized carbons (Fsp3) is 0. The second-order valence-corrected chi connectivity index (χ2v) is 5.51. The second kappa shape index (κ2) is 7.32. The third-order valence-electron chi connectivity index (χ3n) is 3.90. The fourth-order valence-electron chi connectivity index (χ4n) is 2.75. The van der Waals surface area contributed by atoms with E-state index in [1.54, 1.807) is 12.1 Å². The Balaban J connectivity index is 0.00000182. The van der Waals surface area contributed by atoms with Crippen molar-refractivity contribution in [3.05, 3.63) is 96.1 Å². The van der Waals surface area contributed by atoms with Crippen LogP contribution in [-0.2, 0) is 0 Å². The first kappa shape index (κ1) is 16.9. The number of fused-ring (bicyclic) bond motifs is 1. The zero-order valence-electron chi connectivity index (χ0n) is 13.3. The first-order valence-electron chi connectivity index (χ1n) is 7.78. The van der Waals surface area contributed by atoms with Crippen LogP contribution in [0.5, 0.6) is 0 Å². The number of imidazole rings is 1. The van der Waals surface area contributed by atoms with Gasteiger partial charge in [-0.05, 0) is 48.0 Å². The van der Waals surface area contributed by atoms with E-state index in [0.29, 0.717) is 0 Å². The SMILES string of the molecule is Cl.Fc1ccc(/C=C/c2nc3ccccc3n2-c2ccccc2)cc1. The van der Waals surface area contributed by atoms with Crippen molar-refractivity contribution in [2.75, 3.05) is 0 Å². The van der Waals surface area contributed by atoms with E-state index in [1.807, 2.05) is 48.6 Å². The van der Waals surface area contributed by atoms with Crippen LogP contribution in [0.1, 0.15) is 11.4 Å². The third-order valence-corrected chi connectivity index (χ3v) is 3.90. The minimum absolute atomic E-state index is 0. The highest BCUT2D eigenvalue weighted by molar-refractivity contribution is 5.85. The summed E-state index contributed by atoms with van der Waals surface area (Å²) in [5.41, 5.74) is 4.00. The van der Waals surface area contributed by atoms with Crippen LogP contribution in [0.2, 0.25) is 0 Å². The Bertz CT molecular complexity index is 1010. The van der Waals surface area contributed by atoms with Crippen molar-refractivity contribution in [3.63, 3.8) is 0 Å². The molecule has 0 aliphatic rings. The zero-order chi connectivity index (χ0) is 16.4. The van der Waals surface area contributed by atoms with Gasteiger partial charge in [-0.25, -0.2) is 9.37 Å². The molecule has 0 N–H and O–H groups in total. The quantitative estimate of drug-likeness (QED) is 0.459. The van der Waals surface area contributed by atoms with Gasteiger partial charge in [0.15, 0.2) is 0 Å². The molecule has 0 fully saturated rings. The highest BCUT2D eigenvalue weighted by atomic mass is 35.5. The number of aromatic nitrogens is 2. The van der Waals surface area contributed by atoms with Gasteiger partial charge in [0, 0.05) is 5.69 Å². The molecule has 0 saturated heterocycles. The van der Waals surface area contributed by atoms with E-state index < -0.39 is 0 Å². The lowest BCUT2D eigenvalue weighted by Gasteiger charge is -2.06. The maximum Gasteiger partial charge on any atom is 0.138 e. The maximum absolute atomic E-state index is 13.0. The molecule has 1 aromatic heterocycles. The van der Waals surface area contributed by atoms with E-state index in [9.17, 15) is 4.39 Å². The molecule has 0 aliphatic carbocycles. The predicted molar refractivity (Wildman–Crippen MR) is 104 cm³/mol. The Kier molecular flexibility index (Phi) is 4.96. The summed E-state index contributed by atoms with van der Waals surface area (Å²) in [6, 6.07) is 24.6. The summed E-state index contributed by atoms with van der Waals surface area (Å²) in [6.07, 6.45) is 3.90. The Labute approximate surface area is 151 Å². The smallest absolute Gasteiger partial charge is 0.138 e. The number of para-hydroxylation sites is 3. The molecular weight excluding hydrogens is 335 g/mol. The lowest BCUT2D eigenvalue weighted by atomic mass is 10.2. The number of benzene rings is 3. The van der Waals surface area contributed by atoms with Gasteiger partial charge in [0.2, 0.25) is 0 Å². The summed E-state index contributed by atoms with van der Waals surface area (Å²) < 4.78 is 15.2. The van der Waals surface area contributed by atoms with E-state index in [2.05, 4.69) is 22.8 Å². The standard InChI is InChI=1S/C21H15FN2.ClH/c22-17-13-10-16(11-14-17)12-15-21-23-19-8-4-5-9-20(19)24(21)18-6-2-1-3-7-18;/h1-15H;1H/b15-12+;. The summed E-state index contributed by atoms with van der Waals surface area (Å²) >= 11 is 0. The minimum atomic E-state index is -0.233. The molecule has 0 spiro atoms. The monoisotopic (exact) mass is 350 g/mol. The van der Waals surface area contributed by atoms with E-state index >= 15 is 0 Å². The first-order valence-corrected chi connectivity index (χ1v) is 7.78. The number of halogens is 2. The van der Waals surface area contributed by atoms with E-state index in [-0.39, 0.29) is 18.2 Å². The van der Waals surface area contributed by atoms with Crippen LogP contribution in [0.4, 0.5) is 4.39 Å². The Morgan fingerprint density at radius 3 is 2.20 bits per heavy atom. The average Bonchev–Trinajstić information content (AvgIpc) is 3.00. The minimum Gasteiger partial charge on any atom is -0.293 e. The summed E-state index contributed by atoms with van der Waals surface area (Å²) in [7, 11) is 0. The first-order chi connectivity index (χ1) is 11.8. The van der Waals surface area contributed by atoms with Crippen molar-refractivity contribution >= 4 is 35.6 Å². The van der Waals surface area contributed by atoms with Crippen LogP contribution in [0, 0.1) is 5.82 Å². The van der Waals surface area contributed by atoms with Gasteiger partial charge in [-0.3, -0.25) is 4.57 Å². The molecule has 0 saturated carbocycles. The average molecular weight is 351 g/mol. The highest BCUT2D eigenvalue weighted by Crippen LogP contribution is 2.22. The summed E-state index contributed by atoms with van der Waals surface area (Å²) in [5, 5.41) is 0.